The first-order chi connectivity index (χ1) is 11.0. The summed E-state index contributed by atoms with van der Waals surface area (Å²) in [6.45, 7) is 1.66. The molecule has 2 aromatic rings. The average Bonchev–Trinajstić information content (AvgIpc) is 2.53. The van der Waals surface area contributed by atoms with E-state index in [1.54, 1.807) is 42.5 Å². The van der Waals surface area contributed by atoms with Gasteiger partial charge in [0, 0.05) is 30.4 Å². The van der Waals surface area contributed by atoms with E-state index in [9.17, 15) is 14.0 Å². The van der Waals surface area contributed by atoms with Crippen molar-refractivity contribution < 1.29 is 14.0 Å². The fraction of sp³-hybridized carbons (Fsp3) is 0.176. The number of nitrogens with one attached hydrogen (secondary N) is 3. The van der Waals surface area contributed by atoms with Crippen LogP contribution in [0.4, 0.5) is 15.8 Å². The summed E-state index contributed by atoms with van der Waals surface area (Å²) in [4.78, 5) is 22.7. The number of rotatable bonds is 6. The number of carbonyl (C=O) groups is 2. The zero-order valence-corrected chi connectivity index (χ0v) is 12.7. The predicted molar refractivity (Wildman–Crippen MR) is 87.5 cm³/mol. The molecule has 0 radical (unpaired) electrons. The molecule has 5 nitrogen and oxygen atoms in total. The second kappa shape index (κ2) is 7.93. The van der Waals surface area contributed by atoms with Crippen molar-refractivity contribution in [2.75, 3.05) is 17.2 Å². The van der Waals surface area contributed by atoms with E-state index in [-0.39, 0.29) is 30.7 Å². The molecular formula is C17H18FN3O2. The van der Waals surface area contributed by atoms with Crippen molar-refractivity contribution in [3.63, 3.8) is 0 Å². The molecule has 23 heavy (non-hydrogen) atoms. The first kappa shape index (κ1) is 16.5. The van der Waals surface area contributed by atoms with Gasteiger partial charge in [-0.15, -0.1) is 0 Å². The SMILES string of the molecule is CC(=O)Nc1ccc(NCC(=O)NCc2ccccc2F)cc1. The van der Waals surface area contributed by atoms with Gasteiger partial charge < -0.3 is 16.0 Å². The Morgan fingerprint density at radius 1 is 1.00 bits per heavy atom. The van der Waals surface area contributed by atoms with Crippen LogP contribution in [0.5, 0.6) is 0 Å². The second-order valence-corrected chi connectivity index (χ2v) is 4.98. The summed E-state index contributed by atoms with van der Waals surface area (Å²) in [6, 6.07) is 13.3. The molecule has 0 atom stereocenters. The van der Waals surface area contributed by atoms with Crippen LogP contribution < -0.4 is 16.0 Å². The number of amides is 2. The Hall–Kier alpha value is -2.89. The molecule has 120 valence electrons. The Labute approximate surface area is 133 Å². The van der Waals surface area contributed by atoms with E-state index >= 15 is 0 Å². The minimum atomic E-state index is -0.339. The van der Waals surface area contributed by atoms with Gasteiger partial charge in [-0.25, -0.2) is 4.39 Å². The topological polar surface area (TPSA) is 70.2 Å². The highest BCUT2D eigenvalue weighted by Gasteiger charge is 2.04. The van der Waals surface area contributed by atoms with Crippen LogP contribution in [-0.4, -0.2) is 18.4 Å². The summed E-state index contributed by atoms with van der Waals surface area (Å²) in [7, 11) is 0. The summed E-state index contributed by atoms with van der Waals surface area (Å²) in [5.74, 6) is -0.716. The molecule has 0 saturated carbocycles. The van der Waals surface area contributed by atoms with Crippen LogP contribution in [0.3, 0.4) is 0 Å². The maximum Gasteiger partial charge on any atom is 0.239 e. The van der Waals surface area contributed by atoms with E-state index in [4.69, 9.17) is 0 Å². The lowest BCUT2D eigenvalue weighted by Gasteiger charge is -2.09. The Bertz CT molecular complexity index is 686. The predicted octanol–water partition coefficient (Wildman–Crippen LogP) is 2.51. The quantitative estimate of drug-likeness (QED) is 0.767. The second-order valence-electron chi connectivity index (χ2n) is 4.98. The summed E-state index contributed by atoms with van der Waals surface area (Å²) >= 11 is 0. The smallest absolute Gasteiger partial charge is 0.239 e. The minimum Gasteiger partial charge on any atom is -0.376 e. The van der Waals surface area contributed by atoms with E-state index in [2.05, 4.69) is 16.0 Å². The van der Waals surface area contributed by atoms with Gasteiger partial charge in [-0.3, -0.25) is 9.59 Å². The van der Waals surface area contributed by atoms with Crippen molar-refractivity contribution in [3.8, 4) is 0 Å². The van der Waals surface area contributed by atoms with E-state index in [1.807, 2.05) is 0 Å². The normalized spacial score (nSPS) is 10.0. The fourth-order valence-corrected chi connectivity index (χ4v) is 1.96. The van der Waals surface area contributed by atoms with Gasteiger partial charge in [-0.1, -0.05) is 18.2 Å². The van der Waals surface area contributed by atoms with Gasteiger partial charge in [0.15, 0.2) is 0 Å². The van der Waals surface area contributed by atoms with Gasteiger partial charge >= 0.3 is 0 Å². The molecule has 2 amide bonds. The van der Waals surface area contributed by atoms with Crippen LogP contribution in [0.15, 0.2) is 48.5 Å². The van der Waals surface area contributed by atoms with Crippen LogP contribution in [0.2, 0.25) is 0 Å². The molecule has 2 rings (SSSR count). The maximum atomic E-state index is 13.4. The molecule has 0 heterocycles. The molecule has 0 saturated heterocycles. The first-order valence-electron chi connectivity index (χ1n) is 7.16. The highest BCUT2D eigenvalue weighted by atomic mass is 19.1. The molecule has 6 heteroatoms. The lowest BCUT2D eigenvalue weighted by Crippen LogP contribution is -2.29. The molecule has 0 unspecified atom stereocenters. The number of anilines is 2. The van der Waals surface area contributed by atoms with Crippen LogP contribution in [0, 0.1) is 5.82 Å². The van der Waals surface area contributed by atoms with Crippen molar-refractivity contribution in [3.05, 3.63) is 59.9 Å². The fourth-order valence-electron chi connectivity index (χ4n) is 1.96. The molecule has 0 bridgehead atoms. The third kappa shape index (κ3) is 5.43. The van der Waals surface area contributed by atoms with Crippen molar-refractivity contribution in [2.24, 2.45) is 0 Å². The Morgan fingerprint density at radius 3 is 2.30 bits per heavy atom. The Balaban J connectivity index is 1.78. The lowest BCUT2D eigenvalue weighted by atomic mass is 10.2. The number of hydrogen-bond acceptors (Lipinski definition) is 3. The van der Waals surface area contributed by atoms with Crippen LogP contribution >= 0.6 is 0 Å². The van der Waals surface area contributed by atoms with Gasteiger partial charge in [0.25, 0.3) is 0 Å². The monoisotopic (exact) mass is 315 g/mol. The summed E-state index contributed by atoms with van der Waals surface area (Å²) < 4.78 is 13.4. The van der Waals surface area contributed by atoms with E-state index < -0.39 is 0 Å². The van der Waals surface area contributed by atoms with Crippen molar-refractivity contribution in [1.82, 2.24) is 5.32 Å². The largest absolute Gasteiger partial charge is 0.376 e. The molecule has 0 aliphatic rings. The standard InChI is InChI=1S/C17H18FN3O2/c1-12(22)21-15-8-6-14(7-9-15)19-11-17(23)20-10-13-4-2-3-5-16(13)18/h2-9,19H,10-11H2,1H3,(H,20,23)(H,21,22). The molecule has 0 fully saturated rings. The third-order valence-electron chi connectivity index (χ3n) is 3.09. The first-order valence-corrected chi connectivity index (χ1v) is 7.16. The van der Waals surface area contributed by atoms with Crippen molar-refractivity contribution in [1.29, 1.82) is 0 Å². The van der Waals surface area contributed by atoms with Gasteiger partial charge in [0.1, 0.15) is 5.82 Å². The van der Waals surface area contributed by atoms with Crippen molar-refractivity contribution >= 4 is 23.2 Å². The zero-order chi connectivity index (χ0) is 16.7. The lowest BCUT2D eigenvalue weighted by molar-refractivity contribution is -0.119. The van der Waals surface area contributed by atoms with Gasteiger partial charge in [-0.05, 0) is 30.3 Å². The van der Waals surface area contributed by atoms with Crippen LogP contribution in [-0.2, 0) is 16.1 Å². The Morgan fingerprint density at radius 2 is 1.65 bits per heavy atom. The van der Waals surface area contributed by atoms with Crippen LogP contribution in [0.1, 0.15) is 12.5 Å². The highest BCUT2D eigenvalue weighted by molar-refractivity contribution is 5.88. The molecule has 0 spiro atoms. The summed E-state index contributed by atoms with van der Waals surface area (Å²) in [6.07, 6.45) is 0. The number of halogens is 1. The maximum absolute atomic E-state index is 13.4. The highest BCUT2D eigenvalue weighted by Crippen LogP contribution is 2.13. The Kier molecular flexibility index (Phi) is 5.68. The third-order valence-corrected chi connectivity index (χ3v) is 3.09. The zero-order valence-electron chi connectivity index (χ0n) is 12.7. The molecule has 0 aliphatic heterocycles. The van der Waals surface area contributed by atoms with E-state index in [1.165, 1.54) is 13.0 Å². The van der Waals surface area contributed by atoms with E-state index in [0.717, 1.165) is 5.69 Å². The van der Waals surface area contributed by atoms with Gasteiger partial charge in [-0.2, -0.15) is 0 Å². The van der Waals surface area contributed by atoms with Crippen LogP contribution in [0.25, 0.3) is 0 Å². The molecule has 3 N–H and O–H groups in total. The molecule has 0 aliphatic carbocycles. The summed E-state index contributed by atoms with van der Waals surface area (Å²) in [5, 5.41) is 8.27. The average molecular weight is 315 g/mol. The number of carbonyl (C=O) groups excluding carboxylic acids is 2. The number of benzene rings is 2. The van der Waals surface area contributed by atoms with Gasteiger partial charge in [0.2, 0.25) is 11.8 Å². The van der Waals surface area contributed by atoms with Gasteiger partial charge in [0.05, 0.1) is 6.54 Å². The summed E-state index contributed by atoms with van der Waals surface area (Å²) in [5.41, 5.74) is 1.88. The van der Waals surface area contributed by atoms with Crippen molar-refractivity contribution in [2.45, 2.75) is 13.5 Å². The molecule has 2 aromatic carbocycles. The number of hydrogen-bond donors (Lipinski definition) is 3. The van der Waals surface area contributed by atoms with E-state index in [0.29, 0.717) is 11.3 Å². The molecule has 0 aromatic heterocycles. The molecular weight excluding hydrogens is 297 g/mol. The minimum absolute atomic E-state index is 0.0773.